The third kappa shape index (κ3) is 3.77. The van der Waals surface area contributed by atoms with Gasteiger partial charge in [-0.25, -0.2) is 9.97 Å². The fourth-order valence-corrected chi connectivity index (χ4v) is 2.62. The second kappa shape index (κ2) is 6.92. The zero-order valence-corrected chi connectivity index (χ0v) is 15.8. The Labute approximate surface area is 153 Å². The molecule has 0 unspecified atom stereocenters. The van der Waals surface area contributed by atoms with Gasteiger partial charge in [0, 0.05) is 31.3 Å². The Kier molecular flexibility index (Phi) is 4.82. The third-order valence-electron chi connectivity index (χ3n) is 4.06. The summed E-state index contributed by atoms with van der Waals surface area (Å²) in [5, 5.41) is 3.30. The quantitative estimate of drug-likeness (QED) is 0.907. The standard InChI is InChI=1S/C19H24N4O3/c1-19(2,3)18-21-13(10-25-5)9-16(22-18)20-12-6-7-15-14(8-12)23(4)17(24)11-26-15/h6-9H,10-11H2,1-5H3,(H,20,21,22). The Morgan fingerprint density at radius 3 is 2.73 bits per heavy atom. The molecule has 0 fully saturated rings. The Balaban J connectivity index is 1.93. The fraction of sp³-hybridized carbons (Fsp3) is 0.421. The highest BCUT2D eigenvalue weighted by molar-refractivity contribution is 5.98. The van der Waals surface area contributed by atoms with Crippen molar-refractivity contribution in [1.29, 1.82) is 0 Å². The van der Waals surface area contributed by atoms with Crippen molar-refractivity contribution >= 4 is 23.1 Å². The number of carbonyl (C=O) groups excluding carboxylic acids is 1. The van der Waals surface area contributed by atoms with Gasteiger partial charge >= 0.3 is 0 Å². The number of rotatable bonds is 4. The topological polar surface area (TPSA) is 76.6 Å². The van der Waals surface area contributed by atoms with E-state index >= 15 is 0 Å². The van der Waals surface area contributed by atoms with E-state index in [2.05, 4.69) is 36.1 Å². The molecule has 0 saturated heterocycles. The van der Waals surface area contributed by atoms with E-state index in [1.807, 2.05) is 24.3 Å². The van der Waals surface area contributed by atoms with Crippen molar-refractivity contribution in [3.05, 3.63) is 35.8 Å². The monoisotopic (exact) mass is 356 g/mol. The second-order valence-electron chi connectivity index (χ2n) is 7.30. The van der Waals surface area contributed by atoms with Gasteiger partial charge in [-0.15, -0.1) is 0 Å². The highest BCUT2D eigenvalue weighted by atomic mass is 16.5. The first-order valence-corrected chi connectivity index (χ1v) is 8.46. The normalized spacial score (nSPS) is 14.0. The summed E-state index contributed by atoms with van der Waals surface area (Å²) < 4.78 is 10.7. The molecule has 2 heterocycles. The van der Waals surface area contributed by atoms with Gasteiger partial charge < -0.3 is 19.7 Å². The van der Waals surface area contributed by atoms with Gasteiger partial charge in [-0.3, -0.25) is 4.79 Å². The molecule has 0 aliphatic carbocycles. The van der Waals surface area contributed by atoms with E-state index in [1.54, 1.807) is 19.1 Å². The molecule has 1 aliphatic rings. The number of nitrogens with zero attached hydrogens (tertiary/aromatic N) is 3. The largest absolute Gasteiger partial charge is 0.482 e. The van der Waals surface area contributed by atoms with Crippen LogP contribution in [0, 0.1) is 0 Å². The number of carbonyl (C=O) groups is 1. The molecule has 7 heteroatoms. The van der Waals surface area contributed by atoms with Crippen LogP contribution in [0.25, 0.3) is 0 Å². The van der Waals surface area contributed by atoms with Crippen molar-refractivity contribution in [3.63, 3.8) is 0 Å². The van der Waals surface area contributed by atoms with Gasteiger partial charge in [0.15, 0.2) is 6.61 Å². The number of fused-ring (bicyclic) bond motifs is 1. The molecule has 1 N–H and O–H groups in total. The number of anilines is 3. The summed E-state index contributed by atoms with van der Waals surface area (Å²) in [6.45, 7) is 6.69. The van der Waals surface area contributed by atoms with Gasteiger partial charge in [-0.2, -0.15) is 0 Å². The zero-order chi connectivity index (χ0) is 18.9. The van der Waals surface area contributed by atoms with Gasteiger partial charge in [-0.05, 0) is 18.2 Å². The van der Waals surface area contributed by atoms with Crippen LogP contribution in [-0.2, 0) is 21.6 Å². The molecule has 0 radical (unpaired) electrons. The van der Waals surface area contributed by atoms with Gasteiger partial charge in [0.05, 0.1) is 18.0 Å². The Hall–Kier alpha value is -2.67. The van der Waals surface area contributed by atoms with E-state index in [4.69, 9.17) is 9.47 Å². The fourth-order valence-electron chi connectivity index (χ4n) is 2.62. The number of nitrogens with one attached hydrogen (secondary N) is 1. The molecule has 0 atom stereocenters. The summed E-state index contributed by atoms with van der Waals surface area (Å²) in [5.41, 5.74) is 2.17. The highest BCUT2D eigenvalue weighted by Gasteiger charge is 2.23. The summed E-state index contributed by atoms with van der Waals surface area (Å²) in [4.78, 5) is 22.7. The van der Waals surface area contributed by atoms with E-state index in [-0.39, 0.29) is 17.9 Å². The average molecular weight is 356 g/mol. The summed E-state index contributed by atoms with van der Waals surface area (Å²) in [5.74, 6) is 2.04. The Morgan fingerprint density at radius 1 is 1.27 bits per heavy atom. The summed E-state index contributed by atoms with van der Waals surface area (Å²) in [7, 11) is 3.38. The summed E-state index contributed by atoms with van der Waals surface area (Å²) in [6, 6.07) is 7.49. The van der Waals surface area contributed by atoms with Crippen LogP contribution >= 0.6 is 0 Å². The van der Waals surface area contributed by atoms with Crippen molar-refractivity contribution in [1.82, 2.24) is 9.97 Å². The van der Waals surface area contributed by atoms with E-state index in [0.717, 1.165) is 22.9 Å². The molecule has 26 heavy (non-hydrogen) atoms. The molecule has 0 bridgehead atoms. The molecule has 1 aromatic heterocycles. The van der Waals surface area contributed by atoms with Gasteiger partial charge in [-0.1, -0.05) is 20.8 Å². The van der Waals surface area contributed by atoms with Crippen molar-refractivity contribution in [2.75, 3.05) is 31.0 Å². The summed E-state index contributed by atoms with van der Waals surface area (Å²) >= 11 is 0. The maximum absolute atomic E-state index is 11.8. The average Bonchev–Trinajstić information content (AvgIpc) is 2.58. The molecule has 138 valence electrons. The van der Waals surface area contributed by atoms with Crippen LogP contribution in [-0.4, -0.2) is 36.6 Å². The maximum atomic E-state index is 11.8. The number of likely N-dealkylation sites (N-methyl/N-ethyl adjacent to an activating group) is 1. The summed E-state index contributed by atoms with van der Waals surface area (Å²) in [6.07, 6.45) is 0. The molecule has 3 rings (SSSR count). The maximum Gasteiger partial charge on any atom is 0.264 e. The zero-order valence-electron chi connectivity index (χ0n) is 15.8. The van der Waals surface area contributed by atoms with Crippen molar-refractivity contribution in [2.45, 2.75) is 32.8 Å². The minimum atomic E-state index is -0.184. The lowest BCUT2D eigenvalue weighted by Crippen LogP contribution is -2.35. The Morgan fingerprint density at radius 2 is 2.04 bits per heavy atom. The number of aromatic nitrogens is 2. The number of hydrogen-bond acceptors (Lipinski definition) is 6. The van der Waals surface area contributed by atoms with Crippen molar-refractivity contribution in [3.8, 4) is 5.75 Å². The molecule has 1 aromatic carbocycles. The number of methoxy groups -OCH3 is 1. The minimum absolute atomic E-state index is 0.0670. The first-order chi connectivity index (χ1) is 12.3. The molecule has 7 nitrogen and oxygen atoms in total. The van der Waals surface area contributed by atoms with E-state index < -0.39 is 0 Å². The van der Waals surface area contributed by atoms with Crippen molar-refractivity contribution < 1.29 is 14.3 Å². The minimum Gasteiger partial charge on any atom is -0.482 e. The van der Waals surface area contributed by atoms with E-state index in [1.165, 1.54) is 0 Å². The lowest BCUT2D eigenvalue weighted by Gasteiger charge is -2.26. The third-order valence-corrected chi connectivity index (χ3v) is 4.06. The molecule has 2 aromatic rings. The first-order valence-electron chi connectivity index (χ1n) is 8.46. The van der Waals surface area contributed by atoms with Crippen LogP contribution in [0.15, 0.2) is 24.3 Å². The molecular weight excluding hydrogens is 332 g/mol. The lowest BCUT2D eigenvalue weighted by molar-refractivity contribution is -0.120. The number of hydrogen-bond donors (Lipinski definition) is 1. The first kappa shape index (κ1) is 18.1. The second-order valence-corrected chi connectivity index (χ2v) is 7.30. The smallest absolute Gasteiger partial charge is 0.264 e. The number of benzene rings is 1. The molecule has 1 amide bonds. The Bertz CT molecular complexity index is 830. The van der Waals surface area contributed by atoms with Crippen LogP contribution in [0.1, 0.15) is 32.3 Å². The van der Waals surface area contributed by atoms with Gasteiger partial charge in [0.1, 0.15) is 17.4 Å². The van der Waals surface area contributed by atoms with Crippen LogP contribution in [0.5, 0.6) is 5.75 Å². The van der Waals surface area contributed by atoms with Gasteiger partial charge in [0.2, 0.25) is 0 Å². The predicted octanol–water partition coefficient (Wildman–Crippen LogP) is 3.02. The van der Waals surface area contributed by atoms with Crippen molar-refractivity contribution in [2.24, 2.45) is 0 Å². The van der Waals surface area contributed by atoms with Gasteiger partial charge in [0.25, 0.3) is 5.91 Å². The number of ether oxygens (including phenoxy) is 2. The van der Waals surface area contributed by atoms with E-state index in [9.17, 15) is 4.79 Å². The lowest BCUT2D eigenvalue weighted by atomic mass is 9.95. The predicted molar refractivity (Wildman–Crippen MR) is 100 cm³/mol. The van der Waals surface area contributed by atoms with Crippen LogP contribution < -0.4 is 15.0 Å². The molecular formula is C19H24N4O3. The van der Waals surface area contributed by atoms with E-state index in [0.29, 0.717) is 18.2 Å². The van der Waals surface area contributed by atoms with Crippen LogP contribution in [0.2, 0.25) is 0 Å². The SMILES string of the molecule is COCc1cc(Nc2ccc3c(c2)N(C)C(=O)CO3)nc(C(C)(C)C)n1. The number of amides is 1. The molecule has 0 spiro atoms. The highest BCUT2D eigenvalue weighted by Crippen LogP contribution is 2.34. The van der Waals surface area contributed by atoms with Crippen LogP contribution in [0.4, 0.5) is 17.2 Å². The van der Waals surface area contributed by atoms with Crippen LogP contribution in [0.3, 0.4) is 0 Å². The molecule has 0 saturated carbocycles. The molecule has 1 aliphatic heterocycles.